The third kappa shape index (κ3) is 5.66. The number of rotatable bonds is 7. The Kier molecular flexibility index (Phi) is 7.67. The van der Waals surface area contributed by atoms with E-state index in [4.69, 9.17) is 9.97 Å². The normalized spacial score (nSPS) is 20.9. The van der Waals surface area contributed by atoms with Crippen molar-refractivity contribution in [2.24, 2.45) is 0 Å². The van der Waals surface area contributed by atoms with E-state index >= 15 is 0 Å². The second-order valence-electron chi connectivity index (χ2n) is 11.0. The van der Waals surface area contributed by atoms with Gasteiger partial charge in [0.15, 0.2) is 0 Å². The summed E-state index contributed by atoms with van der Waals surface area (Å²) in [6.45, 7) is 5.19. The monoisotopic (exact) mass is 499 g/mol. The molecule has 0 bridgehead atoms. The molecule has 1 atom stereocenters. The summed E-state index contributed by atoms with van der Waals surface area (Å²) in [6.07, 6.45) is 15.8. The summed E-state index contributed by atoms with van der Waals surface area (Å²) in [5.74, 6) is 2.05. The highest BCUT2D eigenvalue weighted by atomic mass is 15.2. The number of nitrogens with zero attached hydrogens (tertiary/aromatic N) is 5. The van der Waals surface area contributed by atoms with Crippen molar-refractivity contribution in [3.63, 3.8) is 0 Å². The molecule has 7 heteroatoms. The summed E-state index contributed by atoms with van der Waals surface area (Å²) in [7, 11) is 0. The third-order valence-corrected chi connectivity index (χ3v) is 8.45. The number of nitrogens with one attached hydrogen (secondary N) is 2. The predicted molar refractivity (Wildman–Crippen MR) is 150 cm³/mol. The van der Waals surface area contributed by atoms with E-state index in [1.165, 1.54) is 86.0 Å². The van der Waals surface area contributed by atoms with Gasteiger partial charge in [0.25, 0.3) is 0 Å². The molecule has 7 nitrogen and oxygen atoms in total. The summed E-state index contributed by atoms with van der Waals surface area (Å²) in [5.41, 5.74) is 6.22. The molecule has 2 saturated heterocycles. The standard InChI is InChI=1S/C30H41N7/c1-2-10-18-36(17-9-1)29-26-15-6-7-16-27(26)33-30(34-29)31-21-25-14-8-11-19-37(25)22-24-20-32-35-28(24)23-12-4-3-5-13-23/h3-5,12-13,20,25H,1-2,6-11,14-19,21-22H2,(H,32,35)(H,31,33,34). The van der Waals surface area contributed by atoms with Gasteiger partial charge in [0.1, 0.15) is 5.82 Å². The molecular weight excluding hydrogens is 458 g/mol. The molecule has 0 amide bonds. The van der Waals surface area contributed by atoms with Crippen LogP contribution in [-0.4, -0.2) is 57.3 Å². The minimum atomic E-state index is 0.466. The SMILES string of the molecule is c1ccc(-c2n[nH]cc2CN2CCCCC2CNc2nc3c(c(N4CCCCCC4)n2)CCCC3)cc1. The topological polar surface area (TPSA) is 73.0 Å². The van der Waals surface area contributed by atoms with Crippen LogP contribution in [0, 0.1) is 0 Å². The maximum Gasteiger partial charge on any atom is 0.224 e. The third-order valence-electron chi connectivity index (χ3n) is 8.45. The van der Waals surface area contributed by atoms with Gasteiger partial charge in [0.2, 0.25) is 5.95 Å². The van der Waals surface area contributed by atoms with E-state index in [9.17, 15) is 0 Å². The first-order chi connectivity index (χ1) is 18.3. The van der Waals surface area contributed by atoms with Gasteiger partial charge in [-0.15, -0.1) is 0 Å². The lowest BCUT2D eigenvalue weighted by Crippen LogP contribution is -2.43. The van der Waals surface area contributed by atoms with Crippen molar-refractivity contribution in [1.29, 1.82) is 0 Å². The van der Waals surface area contributed by atoms with Crippen LogP contribution in [0.3, 0.4) is 0 Å². The molecule has 4 heterocycles. The Hall–Kier alpha value is -2.93. The second-order valence-corrected chi connectivity index (χ2v) is 11.0. The number of benzene rings is 1. The molecule has 3 aromatic rings. The Morgan fingerprint density at radius 2 is 1.68 bits per heavy atom. The number of aromatic nitrogens is 4. The predicted octanol–water partition coefficient (Wildman–Crippen LogP) is 5.59. The molecule has 0 spiro atoms. The Balaban J connectivity index is 1.18. The first-order valence-corrected chi connectivity index (χ1v) is 14.6. The van der Waals surface area contributed by atoms with Gasteiger partial charge in [-0.25, -0.2) is 4.98 Å². The summed E-state index contributed by atoms with van der Waals surface area (Å²) < 4.78 is 0. The summed E-state index contributed by atoms with van der Waals surface area (Å²) >= 11 is 0. The van der Waals surface area contributed by atoms with Crippen molar-refractivity contribution in [3.05, 3.63) is 53.3 Å². The minimum absolute atomic E-state index is 0.466. The van der Waals surface area contributed by atoms with Gasteiger partial charge in [-0.05, 0) is 57.9 Å². The van der Waals surface area contributed by atoms with Crippen molar-refractivity contribution in [1.82, 2.24) is 25.1 Å². The Morgan fingerprint density at radius 3 is 2.54 bits per heavy atom. The number of likely N-dealkylation sites (tertiary alicyclic amines) is 1. The summed E-state index contributed by atoms with van der Waals surface area (Å²) in [5, 5.41) is 11.4. The zero-order valence-corrected chi connectivity index (χ0v) is 22.1. The van der Waals surface area contributed by atoms with Crippen LogP contribution in [0.4, 0.5) is 11.8 Å². The Bertz CT molecular complexity index is 1150. The molecule has 2 aliphatic heterocycles. The van der Waals surface area contributed by atoms with Gasteiger partial charge in [-0.2, -0.15) is 10.1 Å². The summed E-state index contributed by atoms with van der Waals surface area (Å²) in [4.78, 5) is 15.4. The molecule has 2 fully saturated rings. The smallest absolute Gasteiger partial charge is 0.224 e. The number of piperidine rings is 1. The average Bonchev–Trinajstić information content (AvgIpc) is 3.24. The first kappa shape index (κ1) is 24.4. The fourth-order valence-corrected chi connectivity index (χ4v) is 6.41. The second kappa shape index (κ2) is 11.6. The highest BCUT2D eigenvalue weighted by Gasteiger charge is 2.26. The molecule has 1 aromatic carbocycles. The molecule has 0 radical (unpaired) electrons. The van der Waals surface area contributed by atoms with Crippen molar-refractivity contribution in [2.45, 2.75) is 83.2 Å². The maximum absolute atomic E-state index is 5.16. The average molecular weight is 500 g/mol. The molecule has 0 saturated carbocycles. The fraction of sp³-hybridized carbons (Fsp3) is 0.567. The number of aryl methyl sites for hydroxylation is 1. The molecule has 1 aliphatic carbocycles. The molecule has 1 unspecified atom stereocenters. The van der Waals surface area contributed by atoms with E-state index in [0.717, 1.165) is 57.2 Å². The van der Waals surface area contributed by atoms with Gasteiger partial charge in [-0.3, -0.25) is 10.00 Å². The fourth-order valence-electron chi connectivity index (χ4n) is 6.41. The maximum atomic E-state index is 5.16. The van der Waals surface area contributed by atoms with Crippen LogP contribution in [0.2, 0.25) is 0 Å². The Labute approximate surface area is 221 Å². The molecule has 2 aromatic heterocycles. The van der Waals surface area contributed by atoms with E-state index in [-0.39, 0.29) is 0 Å². The van der Waals surface area contributed by atoms with Crippen LogP contribution < -0.4 is 10.2 Å². The number of H-pyrrole nitrogens is 1. The van der Waals surface area contributed by atoms with Gasteiger partial charge in [0, 0.05) is 55.1 Å². The van der Waals surface area contributed by atoms with Crippen molar-refractivity contribution < 1.29 is 0 Å². The highest BCUT2D eigenvalue weighted by Crippen LogP contribution is 2.31. The van der Waals surface area contributed by atoms with E-state index in [1.54, 1.807) is 0 Å². The van der Waals surface area contributed by atoms with E-state index in [1.807, 2.05) is 0 Å². The quantitative estimate of drug-likeness (QED) is 0.441. The van der Waals surface area contributed by atoms with Crippen molar-refractivity contribution in [3.8, 4) is 11.3 Å². The molecule has 3 aliphatic rings. The lowest BCUT2D eigenvalue weighted by molar-refractivity contribution is 0.148. The lowest BCUT2D eigenvalue weighted by atomic mass is 9.96. The van der Waals surface area contributed by atoms with Crippen LogP contribution in [-0.2, 0) is 19.4 Å². The zero-order valence-electron chi connectivity index (χ0n) is 22.1. The van der Waals surface area contributed by atoms with Crippen molar-refractivity contribution >= 4 is 11.8 Å². The first-order valence-electron chi connectivity index (χ1n) is 14.6. The van der Waals surface area contributed by atoms with Crippen molar-refractivity contribution in [2.75, 3.05) is 36.4 Å². The van der Waals surface area contributed by atoms with Crippen LogP contribution in [0.5, 0.6) is 0 Å². The molecule has 2 N–H and O–H groups in total. The van der Waals surface area contributed by atoms with Gasteiger partial charge < -0.3 is 10.2 Å². The zero-order chi connectivity index (χ0) is 24.9. The number of hydrogen-bond donors (Lipinski definition) is 2. The van der Waals surface area contributed by atoms with Crippen LogP contribution >= 0.6 is 0 Å². The molecular formula is C30H41N7. The number of hydrogen-bond acceptors (Lipinski definition) is 6. The van der Waals surface area contributed by atoms with Crippen LogP contribution in [0.15, 0.2) is 36.5 Å². The number of anilines is 2. The van der Waals surface area contributed by atoms with Crippen LogP contribution in [0.1, 0.15) is 74.6 Å². The molecule has 37 heavy (non-hydrogen) atoms. The van der Waals surface area contributed by atoms with Gasteiger partial charge >= 0.3 is 0 Å². The highest BCUT2D eigenvalue weighted by molar-refractivity contribution is 5.62. The molecule has 196 valence electrons. The largest absolute Gasteiger partial charge is 0.356 e. The van der Waals surface area contributed by atoms with Gasteiger partial charge in [0.05, 0.1) is 11.4 Å². The van der Waals surface area contributed by atoms with E-state index < -0.39 is 0 Å². The van der Waals surface area contributed by atoms with E-state index in [2.05, 4.69) is 61.8 Å². The number of aromatic amines is 1. The van der Waals surface area contributed by atoms with E-state index in [0.29, 0.717) is 6.04 Å². The summed E-state index contributed by atoms with van der Waals surface area (Å²) in [6, 6.07) is 11.0. The van der Waals surface area contributed by atoms with Crippen LogP contribution in [0.25, 0.3) is 11.3 Å². The molecule has 6 rings (SSSR count). The minimum Gasteiger partial charge on any atom is -0.356 e. The van der Waals surface area contributed by atoms with Gasteiger partial charge in [-0.1, -0.05) is 49.6 Å². The number of fused-ring (bicyclic) bond motifs is 1. The lowest BCUT2D eigenvalue weighted by Gasteiger charge is -2.36. The Morgan fingerprint density at radius 1 is 0.865 bits per heavy atom.